The molecule has 0 saturated carbocycles. The minimum absolute atomic E-state index is 0. The van der Waals surface area contributed by atoms with E-state index in [2.05, 4.69) is 73.3 Å². The standard InChI is InChI=1S/C22H38N4O.HI/c1-17(2)26-13-10-19(11-14-26)25-21(23-6)24-12-15-27-20-9-7-8-18(16-20)22(3,4)5;/h7-9,16-17,19H,10-15H2,1-6H3,(H2,23,24,25);1H. The molecule has 2 rings (SSSR count). The van der Waals surface area contributed by atoms with Crippen molar-refractivity contribution in [1.29, 1.82) is 0 Å². The molecule has 1 aliphatic heterocycles. The van der Waals surface area contributed by atoms with Gasteiger partial charge < -0.3 is 20.3 Å². The number of benzene rings is 1. The average molecular weight is 502 g/mol. The van der Waals surface area contributed by atoms with Crippen LogP contribution in [0.2, 0.25) is 0 Å². The number of nitrogens with one attached hydrogen (secondary N) is 2. The fraction of sp³-hybridized carbons (Fsp3) is 0.682. The molecule has 1 fully saturated rings. The van der Waals surface area contributed by atoms with E-state index in [4.69, 9.17) is 4.74 Å². The summed E-state index contributed by atoms with van der Waals surface area (Å²) in [6, 6.07) is 9.50. The summed E-state index contributed by atoms with van der Waals surface area (Å²) in [5.74, 6) is 1.79. The zero-order valence-corrected chi connectivity index (χ0v) is 20.7. The Morgan fingerprint density at radius 2 is 1.93 bits per heavy atom. The Hall–Kier alpha value is -1.02. The number of nitrogens with zero attached hydrogens (tertiary/aromatic N) is 2. The number of aliphatic imine (C=N–C) groups is 1. The smallest absolute Gasteiger partial charge is 0.191 e. The lowest BCUT2D eigenvalue weighted by molar-refractivity contribution is 0.167. The number of likely N-dealkylation sites (tertiary alicyclic amines) is 1. The molecule has 1 saturated heterocycles. The van der Waals surface area contributed by atoms with Gasteiger partial charge in [0.2, 0.25) is 0 Å². The fourth-order valence-electron chi connectivity index (χ4n) is 3.34. The molecule has 1 aliphatic rings. The van der Waals surface area contributed by atoms with Crippen molar-refractivity contribution in [3.8, 4) is 5.75 Å². The number of hydrogen-bond acceptors (Lipinski definition) is 3. The van der Waals surface area contributed by atoms with Crippen molar-refractivity contribution < 1.29 is 4.74 Å². The summed E-state index contributed by atoms with van der Waals surface area (Å²) in [5, 5.41) is 6.92. The molecule has 0 bridgehead atoms. The predicted octanol–water partition coefficient (Wildman–Crippen LogP) is 4.02. The second-order valence-electron chi connectivity index (χ2n) is 8.67. The highest BCUT2D eigenvalue weighted by Crippen LogP contribution is 2.25. The lowest BCUT2D eigenvalue weighted by atomic mass is 9.87. The van der Waals surface area contributed by atoms with Gasteiger partial charge >= 0.3 is 0 Å². The third-order valence-electron chi connectivity index (χ3n) is 5.19. The molecule has 0 aliphatic carbocycles. The Morgan fingerprint density at radius 1 is 1.25 bits per heavy atom. The van der Waals surface area contributed by atoms with E-state index in [1.807, 2.05) is 13.1 Å². The molecule has 2 N–H and O–H groups in total. The van der Waals surface area contributed by atoms with Crippen molar-refractivity contribution >= 4 is 29.9 Å². The van der Waals surface area contributed by atoms with Crippen molar-refractivity contribution in [2.45, 2.75) is 65.0 Å². The Morgan fingerprint density at radius 3 is 2.50 bits per heavy atom. The topological polar surface area (TPSA) is 48.9 Å². The minimum Gasteiger partial charge on any atom is -0.492 e. The van der Waals surface area contributed by atoms with E-state index in [1.54, 1.807) is 0 Å². The number of rotatable bonds is 6. The van der Waals surface area contributed by atoms with Gasteiger partial charge in [-0.2, -0.15) is 0 Å². The largest absolute Gasteiger partial charge is 0.492 e. The number of hydrogen-bond donors (Lipinski definition) is 2. The van der Waals surface area contributed by atoms with Gasteiger partial charge in [0.15, 0.2) is 5.96 Å². The first kappa shape index (κ1) is 25.0. The van der Waals surface area contributed by atoms with E-state index in [0.29, 0.717) is 18.7 Å². The monoisotopic (exact) mass is 502 g/mol. The van der Waals surface area contributed by atoms with E-state index in [-0.39, 0.29) is 29.4 Å². The second-order valence-corrected chi connectivity index (χ2v) is 8.67. The van der Waals surface area contributed by atoms with Crippen LogP contribution < -0.4 is 15.4 Å². The van der Waals surface area contributed by atoms with Gasteiger partial charge in [-0.15, -0.1) is 24.0 Å². The Labute approximate surface area is 188 Å². The van der Waals surface area contributed by atoms with Crippen LogP contribution in [0.3, 0.4) is 0 Å². The number of piperidine rings is 1. The van der Waals surface area contributed by atoms with Crippen molar-refractivity contribution in [1.82, 2.24) is 15.5 Å². The lowest BCUT2D eigenvalue weighted by Crippen LogP contribution is -2.50. The quantitative estimate of drug-likeness (QED) is 0.267. The molecule has 1 aromatic carbocycles. The van der Waals surface area contributed by atoms with Gasteiger partial charge in [-0.25, -0.2) is 0 Å². The average Bonchev–Trinajstić information content (AvgIpc) is 2.64. The van der Waals surface area contributed by atoms with Crippen LogP contribution in [0, 0.1) is 0 Å². The van der Waals surface area contributed by atoms with Gasteiger partial charge in [0.25, 0.3) is 0 Å². The van der Waals surface area contributed by atoms with Crippen LogP contribution in [0.15, 0.2) is 29.3 Å². The second kappa shape index (κ2) is 11.9. The van der Waals surface area contributed by atoms with Crippen LogP contribution >= 0.6 is 24.0 Å². The first-order valence-electron chi connectivity index (χ1n) is 10.2. The van der Waals surface area contributed by atoms with Crippen molar-refractivity contribution in [2.75, 3.05) is 33.3 Å². The third kappa shape index (κ3) is 8.15. The molecule has 0 amide bonds. The van der Waals surface area contributed by atoms with Gasteiger partial charge in [0, 0.05) is 32.2 Å². The molecule has 0 radical (unpaired) electrons. The summed E-state index contributed by atoms with van der Waals surface area (Å²) in [5.41, 5.74) is 1.42. The minimum atomic E-state index is 0. The Balaban J connectivity index is 0.00000392. The van der Waals surface area contributed by atoms with E-state index < -0.39 is 0 Å². The summed E-state index contributed by atoms with van der Waals surface area (Å²) in [7, 11) is 1.83. The zero-order chi connectivity index (χ0) is 19.9. The van der Waals surface area contributed by atoms with E-state index in [9.17, 15) is 0 Å². The molecule has 0 unspecified atom stereocenters. The maximum Gasteiger partial charge on any atom is 0.191 e. The molecule has 6 heteroatoms. The van der Waals surface area contributed by atoms with Crippen LogP contribution in [-0.4, -0.2) is 56.2 Å². The fourth-order valence-corrected chi connectivity index (χ4v) is 3.34. The van der Waals surface area contributed by atoms with Gasteiger partial charge in [0.05, 0.1) is 6.54 Å². The highest BCUT2D eigenvalue weighted by molar-refractivity contribution is 14.0. The van der Waals surface area contributed by atoms with E-state index >= 15 is 0 Å². The first-order chi connectivity index (χ1) is 12.8. The SMILES string of the molecule is CN=C(NCCOc1cccc(C(C)(C)C)c1)NC1CCN(C(C)C)CC1.I. The summed E-state index contributed by atoms with van der Waals surface area (Å²) in [6.07, 6.45) is 2.32. The van der Waals surface area contributed by atoms with Crippen LogP contribution in [0.5, 0.6) is 5.75 Å². The number of guanidine groups is 1. The van der Waals surface area contributed by atoms with E-state index in [1.165, 1.54) is 5.56 Å². The highest BCUT2D eigenvalue weighted by Gasteiger charge is 2.21. The zero-order valence-electron chi connectivity index (χ0n) is 18.4. The van der Waals surface area contributed by atoms with Crippen LogP contribution in [0.1, 0.15) is 53.0 Å². The van der Waals surface area contributed by atoms with Crippen LogP contribution in [-0.2, 0) is 5.41 Å². The van der Waals surface area contributed by atoms with Gasteiger partial charge in [-0.05, 0) is 49.8 Å². The molecule has 1 aromatic rings. The summed E-state index contributed by atoms with van der Waals surface area (Å²) < 4.78 is 5.92. The Bertz CT molecular complexity index is 605. The number of halogens is 1. The van der Waals surface area contributed by atoms with E-state index in [0.717, 1.165) is 44.2 Å². The van der Waals surface area contributed by atoms with Gasteiger partial charge in [-0.1, -0.05) is 32.9 Å². The summed E-state index contributed by atoms with van der Waals surface area (Å²) >= 11 is 0. The van der Waals surface area contributed by atoms with Crippen LogP contribution in [0.4, 0.5) is 0 Å². The molecule has 160 valence electrons. The molecule has 5 nitrogen and oxygen atoms in total. The maximum atomic E-state index is 5.92. The number of ether oxygens (including phenoxy) is 1. The van der Waals surface area contributed by atoms with Gasteiger partial charge in [0.1, 0.15) is 12.4 Å². The molecule has 1 heterocycles. The van der Waals surface area contributed by atoms with Crippen LogP contribution in [0.25, 0.3) is 0 Å². The summed E-state index contributed by atoms with van der Waals surface area (Å²) in [4.78, 5) is 6.89. The van der Waals surface area contributed by atoms with Crippen molar-refractivity contribution in [3.63, 3.8) is 0 Å². The molecular weight excluding hydrogens is 463 g/mol. The molecule has 0 aromatic heterocycles. The maximum absolute atomic E-state index is 5.92. The molecule has 0 atom stereocenters. The summed E-state index contributed by atoms with van der Waals surface area (Å²) in [6.45, 7) is 14.8. The molecule has 0 spiro atoms. The third-order valence-corrected chi connectivity index (χ3v) is 5.19. The normalized spacial score (nSPS) is 16.6. The lowest BCUT2D eigenvalue weighted by Gasteiger charge is -2.35. The molecule has 28 heavy (non-hydrogen) atoms. The molecular formula is C22H39IN4O. The Kier molecular flexibility index (Phi) is 10.6. The van der Waals surface area contributed by atoms with Gasteiger partial charge in [-0.3, -0.25) is 4.99 Å². The van der Waals surface area contributed by atoms with Crippen molar-refractivity contribution in [3.05, 3.63) is 29.8 Å². The first-order valence-corrected chi connectivity index (χ1v) is 10.2. The predicted molar refractivity (Wildman–Crippen MR) is 130 cm³/mol. The highest BCUT2D eigenvalue weighted by atomic mass is 127. The van der Waals surface area contributed by atoms with Crippen molar-refractivity contribution in [2.24, 2.45) is 4.99 Å².